The van der Waals surface area contributed by atoms with Gasteiger partial charge in [0.1, 0.15) is 5.69 Å². The van der Waals surface area contributed by atoms with Crippen molar-refractivity contribution in [2.24, 2.45) is 0 Å². The van der Waals surface area contributed by atoms with Crippen LogP contribution >= 0.6 is 11.6 Å². The molecule has 1 aromatic rings. The van der Waals surface area contributed by atoms with E-state index in [2.05, 4.69) is 4.98 Å². The first-order valence-electron chi connectivity index (χ1n) is 3.58. The average molecular weight is 224 g/mol. The number of hydrogen-bond donors (Lipinski definition) is 0. The Morgan fingerprint density at radius 3 is 2.57 bits per heavy atom. The zero-order chi connectivity index (χ0) is 10.9. The number of rotatable bonds is 2. The molecule has 0 unspecified atom stereocenters. The molecule has 0 amide bonds. The van der Waals surface area contributed by atoms with Gasteiger partial charge in [0, 0.05) is 0 Å². The van der Waals surface area contributed by atoms with Crippen LogP contribution in [-0.2, 0) is 0 Å². The summed E-state index contributed by atoms with van der Waals surface area (Å²) in [6, 6.07) is 0.666. The molecule has 0 spiro atoms. The number of pyridine rings is 1. The number of alkyl halides is 2. The van der Waals surface area contributed by atoms with Crippen LogP contribution in [0.2, 0.25) is 0 Å². The van der Waals surface area contributed by atoms with E-state index in [1.165, 1.54) is 6.92 Å². The monoisotopic (exact) mass is 223 g/mol. The highest BCUT2D eigenvalue weighted by atomic mass is 35.5. The van der Waals surface area contributed by atoms with Gasteiger partial charge in [0.05, 0.1) is 11.3 Å². The Morgan fingerprint density at radius 1 is 1.57 bits per heavy atom. The molecule has 1 aromatic heterocycles. The zero-order valence-electron chi connectivity index (χ0n) is 7.02. The third-order valence-corrected chi connectivity index (χ3v) is 1.82. The van der Waals surface area contributed by atoms with E-state index in [1.54, 1.807) is 0 Å². The summed E-state index contributed by atoms with van der Waals surface area (Å²) in [6.07, 6.45) is -3.01. The maximum Gasteiger partial charge on any atom is 0.283 e. The maximum absolute atomic E-state index is 12.9. The Labute approximate surface area is 82.7 Å². The molecule has 0 aliphatic heterocycles. The molecule has 0 saturated heterocycles. The van der Waals surface area contributed by atoms with E-state index in [0.717, 1.165) is 0 Å². The summed E-state index contributed by atoms with van der Waals surface area (Å²) in [6.45, 7) is 1.31. The van der Waals surface area contributed by atoms with Gasteiger partial charge in [-0.15, -0.1) is 0 Å². The van der Waals surface area contributed by atoms with Gasteiger partial charge in [-0.2, -0.15) is 0 Å². The Balaban J connectivity index is 3.31. The topological polar surface area (TPSA) is 30.0 Å². The quantitative estimate of drug-likeness (QED) is 0.722. The molecule has 76 valence electrons. The molecular formula is C8H5ClF3NO. The Hall–Kier alpha value is -1.10. The smallest absolute Gasteiger partial charge is 0.276 e. The van der Waals surface area contributed by atoms with Crippen molar-refractivity contribution in [3.05, 3.63) is 28.8 Å². The highest BCUT2D eigenvalue weighted by molar-refractivity contribution is 6.67. The van der Waals surface area contributed by atoms with Crippen LogP contribution in [0.3, 0.4) is 0 Å². The third kappa shape index (κ3) is 2.04. The van der Waals surface area contributed by atoms with E-state index in [1.807, 2.05) is 0 Å². The van der Waals surface area contributed by atoms with E-state index in [-0.39, 0.29) is 11.3 Å². The minimum Gasteiger partial charge on any atom is -0.276 e. The first kappa shape index (κ1) is 11.0. The largest absolute Gasteiger partial charge is 0.283 e. The van der Waals surface area contributed by atoms with Crippen LogP contribution < -0.4 is 0 Å². The minimum absolute atomic E-state index is 0.0123. The maximum atomic E-state index is 12.9. The van der Waals surface area contributed by atoms with E-state index in [4.69, 9.17) is 11.6 Å². The summed E-state index contributed by atoms with van der Waals surface area (Å²) in [4.78, 5) is 13.9. The van der Waals surface area contributed by atoms with Crippen LogP contribution in [0.1, 0.15) is 28.2 Å². The molecule has 0 fully saturated rings. The van der Waals surface area contributed by atoms with E-state index in [9.17, 15) is 18.0 Å². The van der Waals surface area contributed by atoms with Gasteiger partial charge < -0.3 is 0 Å². The van der Waals surface area contributed by atoms with Crippen LogP contribution in [0.15, 0.2) is 6.07 Å². The number of nitrogens with zero attached hydrogens (tertiary/aromatic N) is 1. The lowest BCUT2D eigenvalue weighted by Gasteiger charge is -2.05. The second-order valence-corrected chi connectivity index (χ2v) is 2.91. The summed E-state index contributed by atoms with van der Waals surface area (Å²) >= 11 is 5.08. The van der Waals surface area contributed by atoms with Gasteiger partial charge in [-0.3, -0.25) is 4.79 Å². The summed E-state index contributed by atoms with van der Waals surface area (Å²) in [5.74, 6) is -1.23. The molecule has 1 heterocycles. The lowest BCUT2D eigenvalue weighted by atomic mass is 10.2. The fourth-order valence-electron chi connectivity index (χ4n) is 0.951. The predicted octanol–water partition coefficient (Wildman–Crippen LogP) is 2.85. The van der Waals surface area contributed by atoms with E-state index >= 15 is 0 Å². The van der Waals surface area contributed by atoms with Crippen molar-refractivity contribution in [3.8, 4) is 0 Å². The number of carbonyl (C=O) groups is 1. The van der Waals surface area contributed by atoms with Gasteiger partial charge in [0.2, 0.25) is 0 Å². The molecule has 0 atom stereocenters. The molecule has 0 bridgehead atoms. The van der Waals surface area contributed by atoms with Gasteiger partial charge >= 0.3 is 0 Å². The molecule has 0 aliphatic rings. The minimum atomic E-state index is -3.01. The Morgan fingerprint density at radius 2 is 2.14 bits per heavy atom. The molecule has 0 saturated carbocycles. The van der Waals surface area contributed by atoms with Crippen molar-refractivity contribution in [2.45, 2.75) is 13.3 Å². The van der Waals surface area contributed by atoms with Crippen LogP contribution in [0, 0.1) is 12.7 Å². The third-order valence-electron chi connectivity index (χ3n) is 1.61. The number of aryl methyl sites for hydroxylation is 1. The molecular weight excluding hydrogens is 219 g/mol. The van der Waals surface area contributed by atoms with Crippen LogP contribution in [0.5, 0.6) is 0 Å². The lowest BCUT2D eigenvalue weighted by molar-refractivity contribution is 0.107. The standard InChI is InChI=1S/C8H5ClF3NO/c1-3-4(7(9)14)2-5(10)6(13-3)8(11)12/h2,8H,1H3. The van der Waals surface area contributed by atoms with Crippen molar-refractivity contribution in [1.82, 2.24) is 4.98 Å². The highest BCUT2D eigenvalue weighted by Gasteiger charge is 2.19. The van der Waals surface area contributed by atoms with Gasteiger partial charge in [0.15, 0.2) is 5.82 Å². The molecule has 14 heavy (non-hydrogen) atoms. The Bertz CT molecular complexity index is 381. The summed E-state index contributed by atoms with van der Waals surface area (Å²) in [7, 11) is 0. The predicted molar refractivity (Wildman–Crippen MR) is 44.1 cm³/mol. The molecule has 0 aliphatic carbocycles. The van der Waals surface area contributed by atoms with Crippen molar-refractivity contribution in [1.29, 1.82) is 0 Å². The fourth-order valence-corrected chi connectivity index (χ4v) is 1.14. The normalized spacial score (nSPS) is 10.7. The Kier molecular flexibility index (Phi) is 3.10. The van der Waals surface area contributed by atoms with Gasteiger partial charge in [0.25, 0.3) is 11.7 Å². The van der Waals surface area contributed by atoms with Crippen LogP contribution in [-0.4, -0.2) is 10.2 Å². The molecule has 0 radical (unpaired) electrons. The second kappa shape index (κ2) is 3.96. The SMILES string of the molecule is Cc1nc(C(F)F)c(F)cc1C(=O)Cl. The van der Waals surface area contributed by atoms with Crippen molar-refractivity contribution in [3.63, 3.8) is 0 Å². The number of hydrogen-bond acceptors (Lipinski definition) is 2. The van der Waals surface area contributed by atoms with Gasteiger partial charge in [-0.1, -0.05) is 0 Å². The lowest BCUT2D eigenvalue weighted by Crippen LogP contribution is -2.04. The van der Waals surface area contributed by atoms with E-state index < -0.39 is 23.2 Å². The summed E-state index contributed by atoms with van der Waals surface area (Å²) in [5.41, 5.74) is -1.18. The molecule has 0 N–H and O–H groups in total. The number of halogens is 4. The van der Waals surface area contributed by atoms with Crippen molar-refractivity contribution < 1.29 is 18.0 Å². The van der Waals surface area contributed by atoms with Crippen molar-refractivity contribution >= 4 is 16.8 Å². The molecule has 2 nitrogen and oxygen atoms in total. The fraction of sp³-hybridized carbons (Fsp3) is 0.250. The average Bonchev–Trinajstić information content (AvgIpc) is 2.07. The second-order valence-electron chi connectivity index (χ2n) is 2.56. The van der Waals surface area contributed by atoms with Crippen LogP contribution in [0.4, 0.5) is 13.2 Å². The zero-order valence-corrected chi connectivity index (χ0v) is 7.78. The van der Waals surface area contributed by atoms with Gasteiger partial charge in [-0.05, 0) is 24.6 Å². The number of carbonyl (C=O) groups excluding carboxylic acids is 1. The van der Waals surface area contributed by atoms with Crippen molar-refractivity contribution in [2.75, 3.05) is 0 Å². The number of aromatic nitrogens is 1. The summed E-state index contributed by atoms with van der Waals surface area (Å²) < 4.78 is 37.1. The van der Waals surface area contributed by atoms with Crippen LogP contribution in [0.25, 0.3) is 0 Å². The molecule has 6 heteroatoms. The first-order valence-corrected chi connectivity index (χ1v) is 3.96. The van der Waals surface area contributed by atoms with Gasteiger partial charge in [-0.25, -0.2) is 18.2 Å². The van der Waals surface area contributed by atoms with E-state index in [0.29, 0.717) is 6.07 Å². The first-order chi connectivity index (χ1) is 6.43. The highest BCUT2D eigenvalue weighted by Crippen LogP contribution is 2.22. The molecule has 0 aromatic carbocycles. The molecule has 1 rings (SSSR count). The summed E-state index contributed by atoms with van der Waals surface area (Å²) in [5, 5.41) is -0.922.